The third-order valence-electron chi connectivity index (χ3n) is 6.46. The van der Waals surface area contributed by atoms with E-state index in [0.717, 1.165) is 28.9 Å². The fraction of sp³-hybridized carbons (Fsp3) is 0.375. The summed E-state index contributed by atoms with van der Waals surface area (Å²) in [5.41, 5.74) is 1.67. The number of imidazole rings is 1. The smallest absolute Gasteiger partial charge is 0.256 e. The van der Waals surface area contributed by atoms with Gasteiger partial charge in [-0.2, -0.15) is 0 Å². The monoisotopic (exact) mass is 505 g/mol. The lowest BCUT2D eigenvalue weighted by atomic mass is 10.0. The van der Waals surface area contributed by atoms with Crippen LogP contribution in [-0.4, -0.2) is 60.8 Å². The van der Waals surface area contributed by atoms with E-state index >= 15 is 4.39 Å². The molecule has 0 spiro atoms. The molecule has 1 aliphatic rings. The molecule has 5 rings (SSSR count). The molecule has 12 heteroatoms. The first-order chi connectivity index (χ1) is 17.1. The van der Waals surface area contributed by atoms with Gasteiger partial charge in [-0.25, -0.2) is 36.4 Å². The highest BCUT2D eigenvalue weighted by Crippen LogP contribution is 2.34. The van der Waals surface area contributed by atoms with Crippen LogP contribution in [0.4, 0.5) is 27.9 Å². The molecule has 0 radical (unpaired) electrons. The Bertz CT molecular complexity index is 1460. The summed E-state index contributed by atoms with van der Waals surface area (Å²) in [7, 11) is 0. The first-order valence-electron chi connectivity index (χ1n) is 11.4. The molecule has 0 amide bonds. The van der Waals surface area contributed by atoms with Gasteiger partial charge in [-0.05, 0) is 38.0 Å². The minimum Gasteiger partial charge on any atom is -0.372 e. The molecule has 0 bridgehead atoms. The van der Waals surface area contributed by atoms with Crippen molar-refractivity contribution < 1.29 is 22.0 Å². The summed E-state index contributed by atoms with van der Waals surface area (Å²) in [6, 6.07) is 2.00. The maximum atomic E-state index is 15.2. The number of allylic oxidation sites excluding steroid dienone is 1. The Morgan fingerprint density at radius 3 is 2.72 bits per heavy atom. The lowest BCUT2D eigenvalue weighted by Crippen LogP contribution is -2.47. The molecule has 1 aromatic carbocycles. The van der Waals surface area contributed by atoms with E-state index in [1.807, 2.05) is 11.8 Å². The Kier molecular flexibility index (Phi) is 6.05. The van der Waals surface area contributed by atoms with E-state index in [9.17, 15) is 17.6 Å². The maximum absolute atomic E-state index is 15.2. The molecule has 4 heterocycles. The van der Waals surface area contributed by atoms with E-state index in [-0.39, 0.29) is 40.2 Å². The summed E-state index contributed by atoms with van der Waals surface area (Å²) >= 11 is 0. The number of benzene rings is 1. The van der Waals surface area contributed by atoms with Crippen LogP contribution in [0.1, 0.15) is 19.0 Å². The van der Waals surface area contributed by atoms with Gasteiger partial charge in [0.05, 0.1) is 48.4 Å². The number of rotatable bonds is 6. The topological polar surface area (TPSA) is 63.3 Å². The standard InChI is InChI=1S/C24H24F5N7/c1-12(2)34-5-4-18(16(26)8-34)32-24-31-13(3)23-21(17(27)9-36(23)33-24)14-6-15(25)22-19(7-14)35(11-30-22)10-20(28)29/h6-7,9,11,16,18,20H,1,4-5,8,10H2,2-3H3,(H,32,33). The van der Waals surface area contributed by atoms with Crippen molar-refractivity contribution in [2.75, 3.05) is 18.4 Å². The summed E-state index contributed by atoms with van der Waals surface area (Å²) in [5.74, 6) is -1.32. The largest absolute Gasteiger partial charge is 0.372 e. The van der Waals surface area contributed by atoms with Gasteiger partial charge >= 0.3 is 0 Å². The molecule has 3 aromatic heterocycles. The van der Waals surface area contributed by atoms with Gasteiger partial charge in [-0.1, -0.05) is 6.58 Å². The number of nitrogens with zero attached hydrogens (tertiary/aromatic N) is 6. The van der Waals surface area contributed by atoms with Crippen LogP contribution in [0.15, 0.2) is 36.9 Å². The van der Waals surface area contributed by atoms with Gasteiger partial charge in [-0.15, -0.1) is 5.10 Å². The maximum Gasteiger partial charge on any atom is 0.256 e. The van der Waals surface area contributed by atoms with Crippen molar-refractivity contribution in [2.45, 2.75) is 45.5 Å². The molecule has 1 N–H and O–H groups in total. The minimum atomic E-state index is -2.67. The lowest BCUT2D eigenvalue weighted by Gasteiger charge is -2.36. The van der Waals surface area contributed by atoms with Gasteiger partial charge < -0.3 is 14.8 Å². The summed E-state index contributed by atoms with van der Waals surface area (Å²) in [5, 5.41) is 7.31. The quantitative estimate of drug-likeness (QED) is 0.376. The molecule has 7 nitrogen and oxygen atoms in total. The highest BCUT2D eigenvalue weighted by atomic mass is 19.3. The Labute approximate surface area is 203 Å². The number of alkyl halides is 3. The number of hydrogen-bond donors (Lipinski definition) is 1. The zero-order valence-corrected chi connectivity index (χ0v) is 19.7. The van der Waals surface area contributed by atoms with E-state index in [0.29, 0.717) is 18.7 Å². The summed E-state index contributed by atoms with van der Waals surface area (Å²) in [6.07, 6.45) is -1.09. The van der Waals surface area contributed by atoms with Crippen LogP contribution in [-0.2, 0) is 6.54 Å². The average Bonchev–Trinajstić information content (AvgIpc) is 3.35. The molecular weight excluding hydrogens is 481 g/mol. The molecule has 1 fully saturated rings. The third kappa shape index (κ3) is 4.24. The molecule has 0 aliphatic carbocycles. The molecule has 1 saturated heterocycles. The number of fused-ring (bicyclic) bond motifs is 2. The number of halogens is 5. The van der Waals surface area contributed by atoms with Crippen LogP contribution in [0.3, 0.4) is 0 Å². The van der Waals surface area contributed by atoms with Gasteiger partial charge in [0, 0.05) is 17.8 Å². The van der Waals surface area contributed by atoms with E-state index in [1.165, 1.54) is 10.6 Å². The summed E-state index contributed by atoms with van der Waals surface area (Å²) in [6.45, 7) is 7.48. The molecular formula is C24H24F5N7. The first-order valence-corrected chi connectivity index (χ1v) is 11.4. The second-order valence-corrected chi connectivity index (χ2v) is 9.02. The van der Waals surface area contributed by atoms with Gasteiger partial charge in [0.25, 0.3) is 6.43 Å². The predicted molar refractivity (Wildman–Crippen MR) is 126 cm³/mol. The van der Waals surface area contributed by atoms with Crippen LogP contribution in [0.2, 0.25) is 0 Å². The predicted octanol–water partition coefficient (Wildman–Crippen LogP) is 4.96. The summed E-state index contributed by atoms with van der Waals surface area (Å²) < 4.78 is 73.0. The van der Waals surface area contributed by atoms with Crippen LogP contribution in [0.25, 0.3) is 27.7 Å². The number of aryl methyl sites for hydroxylation is 1. The molecule has 0 saturated carbocycles. The lowest BCUT2D eigenvalue weighted by molar-refractivity contribution is 0.128. The number of nitrogens with one attached hydrogen (secondary N) is 1. The number of piperidine rings is 1. The molecule has 2 unspecified atom stereocenters. The molecule has 36 heavy (non-hydrogen) atoms. The van der Waals surface area contributed by atoms with Crippen molar-refractivity contribution in [3.05, 3.63) is 54.3 Å². The molecule has 4 aromatic rings. The second kappa shape index (κ2) is 9.07. The minimum absolute atomic E-state index is 0.0304. The van der Waals surface area contributed by atoms with Crippen LogP contribution < -0.4 is 5.32 Å². The van der Waals surface area contributed by atoms with Crippen LogP contribution >= 0.6 is 0 Å². The van der Waals surface area contributed by atoms with E-state index in [1.54, 1.807) is 6.92 Å². The third-order valence-corrected chi connectivity index (χ3v) is 6.46. The van der Waals surface area contributed by atoms with Crippen molar-refractivity contribution in [1.29, 1.82) is 0 Å². The van der Waals surface area contributed by atoms with Crippen molar-refractivity contribution in [2.24, 2.45) is 0 Å². The summed E-state index contributed by atoms with van der Waals surface area (Å²) in [4.78, 5) is 10.1. The number of anilines is 1. The first kappa shape index (κ1) is 24.0. The Hall–Kier alpha value is -3.70. The van der Waals surface area contributed by atoms with E-state index in [2.05, 4.69) is 27.0 Å². The molecule has 2 atom stereocenters. The fourth-order valence-electron chi connectivity index (χ4n) is 4.70. The van der Waals surface area contributed by atoms with Crippen molar-refractivity contribution in [1.82, 2.24) is 29.0 Å². The van der Waals surface area contributed by atoms with Crippen molar-refractivity contribution >= 4 is 22.5 Å². The Morgan fingerprint density at radius 2 is 2.03 bits per heavy atom. The normalized spacial score (nSPS) is 18.5. The average molecular weight is 505 g/mol. The Morgan fingerprint density at radius 1 is 1.25 bits per heavy atom. The van der Waals surface area contributed by atoms with E-state index < -0.39 is 36.8 Å². The highest BCUT2D eigenvalue weighted by molar-refractivity contribution is 5.89. The number of likely N-dealkylation sites (tertiary alicyclic amines) is 1. The zero-order chi connectivity index (χ0) is 25.7. The highest BCUT2D eigenvalue weighted by Gasteiger charge is 2.30. The zero-order valence-electron chi connectivity index (χ0n) is 19.7. The van der Waals surface area contributed by atoms with Crippen molar-refractivity contribution in [3.63, 3.8) is 0 Å². The SMILES string of the molecule is C=C(C)N1CCC(Nc2nc(C)c3c(-c4cc(F)c5ncn(CC(F)F)c5c4)c(F)cn3n2)C(F)C1. The van der Waals surface area contributed by atoms with Crippen molar-refractivity contribution in [3.8, 4) is 11.1 Å². The second-order valence-electron chi connectivity index (χ2n) is 9.02. The van der Waals surface area contributed by atoms with Gasteiger partial charge in [0.2, 0.25) is 5.95 Å². The van der Waals surface area contributed by atoms with E-state index in [4.69, 9.17) is 0 Å². The number of hydrogen-bond acceptors (Lipinski definition) is 5. The van der Waals surface area contributed by atoms with Gasteiger partial charge in [-0.3, -0.25) is 0 Å². The van der Waals surface area contributed by atoms with Crippen LogP contribution in [0.5, 0.6) is 0 Å². The van der Waals surface area contributed by atoms with Gasteiger partial charge in [0.1, 0.15) is 11.7 Å². The number of aromatic nitrogens is 5. The Balaban J connectivity index is 1.51. The fourth-order valence-corrected chi connectivity index (χ4v) is 4.70. The van der Waals surface area contributed by atoms with Crippen LogP contribution in [0, 0.1) is 18.6 Å². The van der Waals surface area contributed by atoms with Gasteiger partial charge in [0.15, 0.2) is 11.6 Å². The molecule has 190 valence electrons. The molecule has 1 aliphatic heterocycles.